The van der Waals surface area contributed by atoms with E-state index in [-0.39, 0.29) is 12.0 Å². The summed E-state index contributed by atoms with van der Waals surface area (Å²) in [4.78, 5) is 13.5. The van der Waals surface area contributed by atoms with Gasteiger partial charge in [0.1, 0.15) is 0 Å². The summed E-state index contributed by atoms with van der Waals surface area (Å²) >= 11 is 0. The first-order chi connectivity index (χ1) is 10.1. The molecule has 1 fully saturated rings. The van der Waals surface area contributed by atoms with Crippen LogP contribution in [0.5, 0.6) is 0 Å². The standard InChI is InChI=1S/C18H21NO2/c1-13(19-10-4-7-17(12-19)18(20)21)15-9-8-14-5-2-3-6-16(14)11-15/h2-3,5-6,8-9,11,13,17H,4,7,10,12H2,1H3,(H,20,21). The summed E-state index contributed by atoms with van der Waals surface area (Å²) in [6.45, 7) is 3.81. The highest BCUT2D eigenvalue weighted by Crippen LogP contribution is 2.28. The van der Waals surface area contributed by atoms with E-state index in [4.69, 9.17) is 0 Å². The predicted octanol–water partition coefficient (Wildman–Crippen LogP) is 3.70. The maximum absolute atomic E-state index is 11.2. The van der Waals surface area contributed by atoms with Crippen molar-refractivity contribution in [1.29, 1.82) is 0 Å². The van der Waals surface area contributed by atoms with E-state index in [1.807, 2.05) is 6.07 Å². The van der Waals surface area contributed by atoms with E-state index in [1.165, 1.54) is 16.3 Å². The Morgan fingerprint density at radius 2 is 2.00 bits per heavy atom. The summed E-state index contributed by atoms with van der Waals surface area (Å²) in [6, 6.07) is 15.1. The maximum Gasteiger partial charge on any atom is 0.307 e. The Kier molecular flexibility index (Phi) is 3.93. The number of aliphatic carboxylic acids is 1. The molecule has 2 unspecified atom stereocenters. The second kappa shape index (κ2) is 5.86. The lowest BCUT2D eigenvalue weighted by Gasteiger charge is -2.35. The zero-order chi connectivity index (χ0) is 14.8. The number of hydrogen-bond acceptors (Lipinski definition) is 2. The average Bonchev–Trinajstić information content (AvgIpc) is 2.53. The van der Waals surface area contributed by atoms with E-state index >= 15 is 0 Å². The molecule has 2 aromatic rings. The van der Waals surface area contributed by atoms with Crippen molar-refractivity contribution in [3.63, 3.8) is 0 Å². The minimum absolute atomic E-state index is 0.221. The molecule has 21 heavy (non-hydrogen) atoms. The summed E-state index contributed by atoms with van der Waals surface area (Å²) < 4.78 is 0. The lowest BCUT2D eigenvalue weighted by molar-refractivity contribution is -0.143. The molecule has 3 nitrogen and oxygen atoms in total. The lowest BCUT2D eigenvalue weighted by Crippen LogP contribution is -2.40. The van der Waals surface area contributed by atoms with Crippen molar-refractivity contribution < 1.29 is 9.90 Å². The first-order valence-corrected chi connectivity index (χ1v) is 7.60. The van der Waals surface area contributed by atoms with E-state index in [2.05, 4.69) is 48.2 Å². The van der Waals surface area contributed by atoms with Crippen LogP contribution < -0.4 is 0 Å². The summed E-state index contributed by atoms with van der Waals surface area (Å²) in [5.41, 5.74) is 1.26. The molecule has 2 atom stereocenters. The van der Waals surface area contributed by atoms with Gasteiger partial charge in [0.2, 0.25) is 0 Å². The Morgan fingerprint density at radius 3 is 2.76 bits per heavy atom. The third-order valence-corrected chi connectivity index (χ3v) is 4.61. The average molecular weight is 283 g/mol. The molecule has 2 aromatic carbocycles. The fourth-order valence-electron chi connectivity index (χ4n) is 3.24. The number of likely N-dealkylation sites (tertiary alicyclic amines) is 1. The SMILES string of the molecule is CC(c1ccc2ccccc2c1)N1CCCC(C(=O)O)C1. The Balaban J connectivity index is 1.82. The normalized spacial score (nSPS) is 21.3. The Hall–Kier alpha value is -1.87. The van der Waals surface area contributed by atoms with Gasteiger partial charge in [0.05, 0.1) is 5.92 Å². The van der Waals surface area contributed by atoms with E-state index in [0.29, 0.717) is 6.54 Å². The first-order valence-electron chi connectivity index (χ1n) is 7.60. The van der Waals surface area contributed by atoms with Crippen molar-refractivity contribution in [2.45, 2.75) is 25.8 Å². The molecule has 0 bridgehead atoms. The smallest absolute Gasteiger partial charge is 0.307 e. The number of benzene rings is 2. The monoisotopic (exact) mass is 283 g/mol. The van der Waals surface area contributed by atoms with Crippen molar-refractivity contribution in [1.82, 2.24) is 4.90 Å². The van der Waals surface area contributed by atoms with Crippen LogP contribution >= 0.6 is 0 Å². The number of rotatable bonds is 3. The quantitative estimate of drug-likeness (QED) is 0.933. The van der Waals surface area contributed by atoms with E-state index in [0.717, 1.165) is 19.4 Å². The van der Waals surface area contributed by atoms with Crippen LogP contribution in [0.2, 0.25) is 0 Å². The molecule has 3 rings (SSSR count). The van der Waals surface area contributed by atoms with E-state index in [9.17, 15) is 9.90 Å². The summed E-state index contributed by atoms with van der Waals surface area (Å²) in [5.74, 6) is -0.882. The van der Waals surface area contributed by atoms with Gasteiger partial charge in [0.25, 0.3) is 0 Å². The van der Waals surface area contributed by atoms with Gasteiger partial charge in [0.15, 0.2) is 0 Å². The first kappa shape index (κ1) is 14.1. The molecule has 1 aliphatic rings. The molecule has 1 aliphatic heterocycles. The molecule has 0 amide bonds. The van der Waals surface area contributed by atoms with Crippen molar-refractivity contribution in [2.75, 3.05) is 13.1 Å². The van der Waals surface area contributed by atoms with Gasteiger partial charge in [-0.05, 0) is 48.7 Å². The summed E-state index contributed by atoms with van der Waals surface area (Å²) in [6.07, 6.45) is 1.77. The molecule has 110 valence electrons. The number of carboxylic acid groups (broad SMARTS) is 1. The van der Waals surface area contributed by atoms with Gasteiger partial charge in [-0.25, -0.2) is 0 Å². The molecule has 0 spiro atoms. The zero-order valence-electron chi connectivity index (χ0n) is 12.3. The number of fused-ring (bicyclic) bond motifs is 1. The van der Waals surface area contributed by atoms with Crippen LogP contribution in [0.1, 0.15) is 31.4 Å². The lowest BCUT2D eigenvalue weighted by atomic mass is 9.94. The van der Waals surface area contributed by atoms with Crippen molar-refractivity contribution in [3.05, 3.63) is 48.0 Å². The molecule has 1 N–H and O–H groups in total. The fourth-order valence-corrected chi connectivity index (χ4v) is 3.24. The second-order valence-corrected chi connectivity index (χ2v) is 5.95. The van der Waals surface area contributed by atoms with Gasteiger partial charge < -0.3 is 5.11 Å². The predicted molar refractivity (Wildman–Crippen MR) is 84.3 cm³/mol. The number of piperidine rings is 1. The Labute approximate surface area is 125 Å². The molecule has 3 heteroatoms. The highest BCUT2D eigenvalue weighted by molar-refractivity contribution is 5.83. The molecule has 0 saturated carbocycles. The Bertz CT molecular complexity index is 652. The van der Waals surface area contributed by atoms with E-state index < -0.39 is 5.97 Å². The largest absolute Gasteiger partial charge is 0.481 e. The maximum atomic E-state index is 11.2. The second-order valence-electron chi connectivity index (χ2n) is 5.95. The zero-order valence-corrected chi connectivity index (χ0v) is 12.3. The van der Waals surface area contributed by atoms with Crippen molar-refractivity contribution >= 4 is 16.7 Å². The molecular formula is C18H21NO2. The van der Waals surface area contributed by atoms with Crippen LogP contribution in [0.3, 0.4) is 0 Å². The minimum Gasteiger partial charge on any atom is -0.481 e. The van der Waals surface area contributed by atoms with Crippen LogP contribution in [0, 0.1) is 5.92 Å². The van der Waals surface area contributed by atoms with Gasteiger partial charge in [0, 0.05) is 12.6 Å². The Morgan fingerprint density at radius 1 is 1.24 bits per heavy atom. The molecule has 0 aromatic heterocycles. The van der Waals surface area contributed by atoms with E-state index in [1.54, 1.807) is 0 Å². The number of hydrogen-bond donors (Lipinski definition) is 1. The summed E-state index contributed by atoms with van der Waals surface area (Å²) in [7, 11) is 0. The van der Waals surface area contributed by atoms with Crippen LogP contribution in [0.25, 0.3) is 10.8 Å². The van der Waals surface area contributed by atoms with Crippen molar-refractivity contribution in [2.24, 2.45) is 5.92 Å². The molecule has 0 aliphatic carbocycles. The van der Waals surface area contributed by atoms with Gasteiger partial charge in [-0.1, -0.05) is 36.4 Å². The fraction of sp³-hybridized carbons (Fsp3) is 0.389. The van der Waals surface area contributed by atoms with Crippen LogP contribution in [-0.2, 0) is 4.79 Å². The van der Waals surface area contributed by atoms with Crippen LogP contribution in [0.4, 0.5) is 0 Å². The summed E-state index contributed by atoms with van der Waals surface area (Å²) in [5, 5.41) is 11.7. The molecule has 1 saturated heterocycles. The van der Waals surface area contributed by atoms with Gasteiger partial charge in [-0.3, -0.25) is 9.69 Å². The third-order valence-electron chi connectivity index (χ3n) is 4.61. The van der Waals surface area contributed by atoms with Crippen LogP contribution in [-0.4, -0.2) is 29.1 Å². The molecule has 1 heterocycles. The number of carbonyl (C=O) groups is 1. The highest BCUT2D eigenvalue weighted by atomic mass is 16.4. The minimum atomic E-state index is -0.662. The number of carboxylic acids is 1. The third kappa shape index (κ3) is 2.93. The van der Waals surface area contributed by atoms with Gasteiger partial charge in [-0.2, -0.15) is 0 Å². The molecule has 0 radical (unpaired) electrons. The topological polar surface area (TPSA) is 40.5 Å². The van der Waals surface area contributed by atoms with Crippen molar-refractivity contribution in [3.8, 4) is 0 Å². The number of nitrogens with zero attached hydrogens (tertiary/aromatic N) is 1. The van der Waals surface area contributed by atoms with Gasteiger partial charge >= 0.3 is 5.97 Å². The van der Waals surface area contributed by atoms with Gasteiger partial charge in [-0.15, -0.1) is 0 Å². The highest BCUT2D eigenvalue weighted by Gasteiger charge is 2.28. The van der Waals surface area contributed by atoms with Crippen LogP contribution in [0.15, 0.2) is 42.5 Å². The molecular weight excluding hydrogens is 262 g/mol.